The molecule has 0 aliphatic carbocycles. The second-order valence-electron chi connectivity index (χ2n) is 5.53. The first-order valence-corrected chi connectivity index (χ1v) is 7.90. The Bertz CT molecular complexity index is 962. The third-order valence-electron chi connectivity index (χ3n) is 3.69. The molecule has 0 atom stereocenters. The Morgan fingerprint density at radius 3 is 2.76 bits per heavy atom. The standard InChI is InChI=1S/C18H18N4O3/c1-4-25-18(24)14-10-19-22(17(14)20-12(3)23)16-9-11(2)13-7-5-6-8-15(13)21-16/h5-10H,4H2,1-3H3,(H,20,23). The van der Waals surface area contributed by atoms with E-state index in [-0.39, 0.29) is 23.9 Å². The molecule has 0 aliphatic rings. The molecule has 3 rings (SSSR count). The van der Waals surface area contributed by atoms with Crippen LogP contribution in [0.15, 0.2) is 36.5 Å². The van der Waals surface area contributed by atoms with Crippen LogP contribution in [0.25, 0.3) is 16.7 Å². The van der Waals surface area contributed by atoms with Crippen molar-refractivity contribution in [2.45, 2.75) is 20.8 Å². The molecule has 0 bridgehead atoms. The van der Waals surface area contributed by atoms with E-state index >= 15 is 0 Å². The van der Waals surface area contributed by atoms with Crippen LogP contribution in [0.2, 0.25) is 0 Å². The fraction of sp³-hybridized carbons (Fsp3) is 0.222. The second kappa shape index (κ2) is 6.72. The Labute approximate surface area is 144 Å². The molecule has 2 aromatic heterocycles. The van der Waals surface area contributed by atoms with E-state index in [0.29, 0.717) is 5.82 Å². The molecule has 1 N–H and O–H groups in total. The van der Waals surface area contributed by atoms with Gasteiger partial charge in [-0.2, -0.15) is 9.78 Å². The van der Waals surface area contributed by atoms with E-state index in [2.05, 4.69) is 15.4 Å². The minimum atomic E-state index is -0.546. The van der Waals surface area contributed by atoms with Crippen molar-refractivity contribution in [3.05, 3.63) is 47.7 Å². The van der Waals surface area contributed by atoms with E-state index in [1.165, 1.54) is 17.8 Å². The predicted octanol–water partition coefficient (Wildman–Crippen LogP) is 2.86. The van der Waals surface area contributed by atoms with Crippen LogP contribution in [0, 0.1) is 6.92 Å². The van der Waals surface area contributed by atoms with Crippen LogP contribution in [0.4, 0.5) is 5.82 Å². The number of ether oxygens (including phenoxy) is 1. The normalized spacial score (nSPS) is 10.7. The monoisotopic (exact) mass is 338 g/mol. The van der Waals surface area contributed by atoms with Crippen molar-refractivity contribution in [3.8, 4) is 5.82 Å². The van der Waals surface area contributed by atoms with Crippen molar-refractivity contribution in [2.75, 3.05) is 11.9 Å². The van der Waals surface area contributed by atoms with E-state index in [9.17, 15) is 9.59 Å². The number of anilines is 1. The largest absolute Gasteiger partial charge is 0.462 e. The number of benzene rings is 1. The molecule has 0 aliphatic heterocycles. The smallest absolute Gasteiger partial charge is 0.343 e. The quantitative estimate of drug-likeness (QED) is 0.739. The average Bonchev–Trinajstić information content (AvgIpc) is 2.98. The van der Waals surface area contributed by atoms with Crippen molar-refractivity contribution < 1.29 is 14.3 Å². The van der Waals surface area contributed by atoms with Gasteiger partial charge in [0.2, 0.25) is 5.91 Å². The predicted molar refractivity (Wildman–Crippen MR) is 93.9 cm³/mol. The zero-order valence-electron chi connectivity index (χ0n) is 14.2. The molecule has 0 spiro atoms. The first kappa shape index (κ1) is 16.6. The Morgan fingerprint density at radius 2 is 2.04 bits per heavy atom. The Balaban J connectivity index is 2.16. The third-order valence-corrected chi connectivity index (χ3v) is 3.69. The summed E-state index contributed by atoms with van der Waals surface area (Å²) in [6.07, 6.45) is 1.37. The molecule has 0 unspecified atom stereocenters. The molecule has 0 saturated heterocycles. The number of carbonyl (C=O) groups excluding carboxylic acids is 2. The van der Waals surface area contributed by atoms with Crippen LogP contribution < -0.4 is 5.32 Å². The maximum absolute atomic E-state index is 12.1. The van der Waals surface area contributed by atoms with Gasteiger partial charge in [-0.3, -0.25) is 4.79 Å². The lowest BCUT2D eigenvalue weighted by atomic mass is 10.1. The van der Waals surface area contributed by atoms with Crippen LogP contribution in [-0.2, 0) is 9.53 Å². The molecule has 7 heteroatoms. The van der Waals surface area contributed by atoms with Crippen LogP contribution in [0.3, 0.4) is 0 Å². The van der Waals surface area contributed by atoms with Gasteiger partial charge in [-0.1, -0.05) is 18.2 Å². The van der Waals surface area contributed by atoms with Gasteiger partial charge < -0.3 is 10.1 Å². The lowest BCUT2D eigenvalue weighted by Gasteiger charge is -2.11. The lowest BCUT2D eigenvalue weighted by molar-refractivity contribution is -0.114. The van der Waals surface area contributed by atoms with Crippen LogP contribution >= 0.6 is 0 Å². The minimum absolute atomic E-state index is 0.185. The first-order chi connectivity index (χ1) is 12.0. The van der Waals surface area contributed by atoms with E-state index < -0.39 is 5.97 Å². The summed E-state index contributed by atoms with van der Waals surface area (Å²) < 4.78 is 6.47. The van der Waals surface area contributed by atoms with Gasteiger partial charge in [0, 0.05) is 12.3 Å². The van der Waals surface area contributed by atoms with Gasteiger partial charge in [-0.05, 0) is 31.5 Å². The molecule has 3 aromatic rings. The number of hydrogen-bond acceptors (Lipinski definition) is 5. The summed E-state index contributed by atoms with van der Waals surface area (Å²) in [4.78, 5) is 28.3. The van der Waals surface area contributed by atoms with Gasteiger partial charge in [0.1, 0.15) is 5.56 Å². The SMILES string of the molecule is CCOC(=O)c1cnn(-c2cc(C)c3ccccc3n2)c1NC(C)=O. The molecule has 1 aromatic carbocycles. The number of rotatable bonds is 4. The Morgan fingerprint density at radius 1 is 1.28 bits per heavy atom. The van der Waals surface area contributed by atoms with Gasteiger partial charge in [-0.25, -0.2) is 9.78 Å². The minimum Gasteiger partial charge on any atom is -0.462 e. The number of aryl methyl sites for hydroxylation is 1. The summed E-state index contributed by atoms with van der Waals surface area (Å²) in [5.74, 6) is -0.108. The molecule has 128 valence electrons. The summed E-state index contributed by atoms with van der Waals surface area (Å²) in [5.41, 5.74) is 2.01. The van der Waals surface area contributed by atoms with Gasteiger partial charge in [-0.15, -0.1) is 0 Å². The average molecular weight is 338 g/mol. The number of fused-ring (bicyclic) bond motifs is 1. The lowest BCUT2D eigenvalue weighted by Crippen LogP contribution is -2.15. The number of amides is 1. The number of esters is 1. The maximum atomic E-state index is 12.1. The van der Waals surface area contributed by atoms with Crippen molar-refractivity contribution in [1.29, 1.82) is 0 Å². The summed E-state index contributed by atoms with van der Waals surface area (Å²) in [7, 11) is 0. The summed E-state index contributed by atoms with van der Waals surface area (Å²) in [5, 5.41) is 7.91. The van der Waals surface area contributed by atoms with E-state index in [1.54, 1.807) is 6.92 Å². The highest BCUT2D eigenvalue weighted by Crippen LogP contribution is 2.24. The van der Waals surface area contributed by atoms with Crippen LogP contribution in [0.1, 0.15) is 29.8 Å². The molecule has 0 saturated carbocycles. The van der Waals surface area contributed by atoms with Crippen molar-refractivity contribution in [3.63, 3.8) is 0 Å². The van der Waals surface area contributed by atoms with Crippen LogP contribution in [0.5, 0.6) is 0 Å². The van der Waals surface area contributed by atoms with Crippen LogP contribution in [-0.4, -0.2) is 33.2 Å². The Kier molecular flexibility index (Phi) is 4.47. The molecule has 0 fully saturated rings. The number of nitrogens with zero attached hydrogens (tertiary/aromatic N) is 3. The van der Waals surface area contributed by atoms with E-state index in [1.807, 2.05) is 37.3 Å². The highest BCUT2D eigenvalue weighted by atomic mass is 16.5. The zero-order chi connectivity index (χ0) is 18.0. The summed E-state index contributed by atoms with van der Waals surface area (Å²) >= 11 is 0. The number of aromatic nitrogens is 3. The van der Waals surface area contributed by atoms with Gasteiger partial charge in [0.15, 0.2) is 11.6 Å². The molecule has 7 nitrogen and oxygen atoms in total. The fourth-order valence-electron chi connectivity index (χ4n) is 2.61. The maximum Gasteiger partial charge on any atom is 0.343 e. The van der Waals surface area contributed by atoms with Gasteiger partial charge >= 0.3 is 5.97 Å². The summed E-state index contributed by atoms with van der Waals surface area (Å²) in [6.45, 7) is 5.29. The van der Waals surface area contributed by atoms with Gasteiger partial charge in [0.25, 0.3) is 0 Å². The first-order valence-electron chi connectivity index (χ1n) is 7.90. The molecule has 25 heavy (non-hydrogen) atoms. The van der Waals surface area contributed by atoms with Crippen molar-refractivity contribution >= 4 is 28.6 Å². The topological polar surface area (TPSA) is 86.1 Å². The molecule has 0 radical (unpaired) electrons. The Hall–Kier alpha value is -3.22. The number of hydrogen-bond donors (Lipinski definition) is 1. The highest BCUT2D eigenvalue weighted by molar-refractivity contribution is 6.00. The van der Waals surface area contributed by atoms with Crippen molar-refractivity contribution in [2.24, 2.45) is 0 Å². The van der Waals surface area contributed by atoms with Crippen molar-refractivity contribution in [1.82, 2.24) is 14.8 Å². The van der Waals surface area contributed by atoms with E-state index in [0.717, 1.165) is 16.5 Å². The number of para-hydroxylation sites is 1. The fourth-order valence-corrected chi connectivity index (χ4v) is 2.61. The number of nitrogens with one attached hydrogen (secondary N) is 1. The molecule has 2 heterocycles. The molecule has 1 amide bonds. The number of pyridine rings is 1. The number of carbonyl (C=O) groups is 2. The second-order valence-corrected chi connectivity index (χ2v) is 5.53. The van der Waals surface area contributed by atoms with E-state index in [4.69, 9.17) is 4.74 Å². The zero-order valence-corrected chi connectivity index (χ0v) is 14.2. The summed E-state index contributed by atoms with van der Waals surface area (Å²) in [6, 6.07) is 9.60. The highest BCUT2D eigenvalue weighted by Gasteiger charge is 2.21. The molecular formula is C18H18N4O3. The molecular weight excluding hydrogens is 320 g/mol. The third kappa shape index (κ3) is 3.21. The van der Waals surface area contributed by atoms with Gasteiger partial charge in [0.05, 0.1) is 18.3 Å².